The van der Waals surface area contributed by atoms with E-state index >= 15 is 0 Å². The van der Waals surface area contributed by atoms with Crippen molar-refractivity contribution in [2.24, 2.45) is 0 Å². The summed E-state index contributed by atoms with van der Waals surface area (Å²) in [5.74, 6) is 1.22. The number of thioether (sulfide) groups is 1. The number of nitrogens with zero attached hydrogens (tertiary/aromatic N) is 2. The summed E-state index contributed by atoms with van der Waals surface area (Å²) in [7, 11) is 3.15. The van der Waals surface area contributed by atoms with Crippen LogP contribution < -0.4 is 14.8 Å². The molecule has 0 aliphatic carbocycles. The van der Waals surface area contributed by atoms with Crippen molar-refractivity contribution in [3.8, 4) is 11.5 Å². The predicted octanol–water partition coefficient (Wildman–Crippen LogP) is 3.83. The summed E-state index contributed by atoms with van der Waals surface area (Å²) in [5, 5.41) is 13.6. The lowest BCUT2D eigenvalue weighted by atomic mass is 10.2. The van der Waals surface area contributed by atoms with Crippen molar-refractivity contribution in [3.63, 3.8) is 0 Å². The minimum atomic E-state index is -0.217. The molecule has 0 saturated carbocycles. The van der Waals surface area contributed by atoms with Crippen molar-refractivity contribution in [3.05, 3.63) is 64.9 Å². The van der Waals surface area contributed by atoms with Crippen LogP contribution in [0, 0.1) is 0 Å². The van der Waals surface area contributed by atoms with Crippen molar-refractivity contribution in [1.82, 2.24) is 9.55 Å². The van der Waals surface area contributed by atoms with Crippen LogP contribution in [0.3, 0.4) is 0 Å². The van der Waals surface area contributed by atoms with Gasteiger partial charge in [-0.2, -0.15) is 0 Å². The first kappa shape index (κ1) is 22.0. The Morgan fingerprint density at radius 1 is 1.20 bits per heavy atom. The number of aliphatic hydroxyl groups excluding tert-OH is 1. The maximum atomic E-state index is 12.5. The zero-order chi connectivity index (χ0) is 21.5. The molecule has 1 aromatic heterocycles. The molecule has 0 atom stereocenters. The Morgan fingerprint density at radius 3 is 2.63 bits per heavy atom. The molecule has 2 aromatic carbocycles. The molecule has 30 heavy (non-hydrogen) atoms. The molecule has 0 bridgehead atoms. The van der Waals surface area contributed by atoms with Crippen LogP contribution in [0.2, 0.25) is 5.02 Å². The second kappa shape index (κ2) is 10.4. The van der Waals surface area contributed by atoms with Gasteiger partial charge in [0.1, 0.15) is 11.5 Å². The molecule has 0 unspecified atom stereocenters. The van der Waals surface area contributed by atoms with Gasteiger partial charge in [-0.3, -0.25) is 4.79 Å². The van der Waals surface area contributed by atoms with Gasteiger partial charge in [0.15, 0.2) is 5.16 Å². The molecule has 3 rings (SSSR count). The Morgan fingerprint density at radius 2 is 1.97 bits per heavy atom. The molecule has 3 aromatic rings. The maximum absolute atomic E-state index is 12.5. The first-order chi connectivity index (χ1) is 14.5. The van der Waals surface area contributed by atoms with Gasteiger partial charge in [0.25, 0.3) is 0 Å². The average Bonchev–Trinajstić information content (AvgIpc) is 3.14. The number of rotatable bonds is 9. The van der Waals surface area contributed by atoms with E-state index in [-0.39, 0.29) is 18.3 Å². The molecule has 0 saturated heterocycles. The summed E-state index contributed by atoms with van der Waals surface area (Å²) < 4.78 is 12.3. The average molecular weight is 448 g/mol. The van der Waals surface area contributed by atoms with E-state index in [1.54, 1.807) is 31.5 Å². The number of amides is 1. The maximum Gasteiger partial charge on any atom is 0.234 e. The van der Waals surface area contributed by atoms with E-state index in [4.69, 9.17) is 21.1 Å². The largest absolute Gasteiger partial charge is 0.497 e. The van der Waals surface area contributed by atoms with Crippen LogP contribution in [-0.4, -0.2) is 40.5 Å². The Labute approximate surface area is 184 Å². The number of anilines is 1. The fraction of sp³-hybridized carbons (Fsp3) is 0.238. The predicted molar refractivity (Wildman–Crippen MR) is 118 cm³/mol. The summed E-state index contributed by atoms with van der Waals surface area (Å²) in [6.07, 6.45) is 1.61. The number of hydrogen-bond acceptors (Lipinski definition) is 6. The molecule has 0 aliphatic heterocycles. The zero-order valence-corrected chi connectivity index (χ0v) is 18.2. The zero-order valence-electron chi connectivity index (χ0n) is 16.6. The van der Waals surface area contributed by atoms with Crippen LogP contribution in [0.15, 0.2) is 53.8 Å². The van der Waals surface area contributed by atoms with E-state index in [0.717, 1.165) is 11.3 Å². The highest BCUT2D eigenvalue weighted by Gasteiger charge is 2.14. The molecule has 0 spiro atoms. The summed E-state index contributed by atoms with van der Waals surface area (Å²) in [4.78, 5) is 16.8. The first-order valence-electron chi connectivity index (χ1n) is 9.08. The lowest BCUT2D eigenvalue weighted by Crippen LogP contribution is -2.15. The van der Waals surface area contributed by atoms with Crippen LogP contribution in [0.4, 0.5) is 5.69 Å². The Bertz CT molecular complexity index is 1010. The number of imidazole rings is 1. The number of aromatic nitrogens is 2. The molecular formula is C21H22ClN3O4S. The summed E-state index contributed by atoms with van der Waals surface area (Å²) >= 11 is 7.29. The highest BCUT2D eigenvalue weighted by atomic mass is 35.5. The molecule has 0 aliphatic rings. The monoisotopic (exact) mass is 447 g/mol. The first-order valence-corrected chi connectivity index (χ1v) is 10.4. The fourth-order valence-corrected chi connectivity index (χ4v) is 3.78. The van der Waals surface area contributed by atoms with Crippen LogP contribution in [-0.2, 0) is 17.9 Å². The third kappa shape index (κ3) is 5.47. The number of ether oxygens (including phenoxy) is 2. The van der Waals surface area contributed by atoms with E-state index in [2.05, 4.69) is 10.3 Å². The van der Waals surface area contributed by atoms with Crippen LogP contribution >= 0.6 is 23.4 Å². The molecule has 158 valence electrons. The van der Waals surface area contributed by atoms with E-state index in [9.17, 15) is 9.90 Å². The molecule has 9 heteroatoms. The van der Waals surface area contributed by atoms with Crippen molar-refractivity contribution in [1.29, 1.82) is 0 Å². The summed E-state index contributed by atoms with van der Waals surface area (Å²) in [6.45, 7) is 0.377. The Kier molecular flexibility index (Phi) is 7.62. The number of aliphatic hydroxyl groups is 1. The normalized spacial score (nSPS) is 10.7. The summed E-state index contributed by atoms with van der Waals surface area (Å²) in [6, 6.07) is 12.7. The molecule has 0 radical (unpaired) electrons. The van der Waals surface area contributed by atoms with Crippen molar-refractivity contribution < 1.29 is 19.4 Å². The Hall–Kier alpha value is -2.68. The third-order valence-electron chi connectivity index (χ3n) is 4.33. The molecular weight excluding hydrogens is 426 g/mol. The quantitative estimate of drug-likeness (QED) is 0.485. The van der Waals surface area contributed by atoms with Gasteiger partial charge in [0, 0.05) is 11.6 Å². The smallest absolute Gasteiger partial charge is 0.234 e. The standard InChI is InChI=1S/C21H22ClN3O4S/c1-28-17-6-3-14(4-7-17)11-25-16(12-26)10-23-21(25)30-13-20(27)24-18-9-15(22)5-8-19(18)29-2/h3-10,26H,11-13H2,1-2H3,(H,24,27). The minimum Gasteiger partial charge on any atom is -0.497 e. The van der Waals surface area contributed by atoms with Gasteiger partial charge in [0.05, 0.1) is 44.2 Å². The second-order valence-electron chi connectivity index (χ2n) is 6.31. The Balaban J connectivity index is 1.68. The summed E-state index contributed by atoms with van der Waals surface area (Å²) in [5.41, 5.74) is 2.21. The minimum absolute atomic E-state index is 0.139. The van der Waals surface area contributed by atoms with Crippen LogP contribution in [0.1, 0.15) is 11.3 Å². The van der Waals surface area contributed by atoms with Crippen molar-refractivity contribution >= 4 is 35.0 Å². The van der Waals surface area contributed by atoms with Crippen molar-refractivity contribution in [2.75, 3.05) is 25.3 Å². The topological polar surface area (TPSA) is 85.6 Å². The second-order valence-corrected chi connectivity index (χ2v) is 7.68. The number of hydrogen-bond donors (Lipinski definition) is 2. The number of benzene rings is 2. The molecule has 0 fully saturated rings. The van der Waals surface area contributed by atoms with Gasteiger partial charge in [0.2, 0.25) is 5.91 Å². The number of halogens is 1. The van der Waals surface area contributed by atoms with Gasteiger partial charge in [-0.15, -0.1) is 0 Å². The molecule has 7 nitrogen and oxygen atoms in total. The van der Waals surface area contributed by atoms with E-state index in [1.807, 2.05) is 28.8 Å². The number of carbonyl (C=O) groups is 1. The van der Waals surface area contributed by atoms with Crippen LogP contribution in [0.25, 0.3) is 0 Å². The fourth-order valence-electron chi connectivity index (χ4n) is 2.81. The highest BCUT2D eigenvalue weighted by Crippen LogP contribution is 2.28. The lowest BCUT2D eigenvalue weighted by molar-refractivity contribution is -0.113. The van der Waals surface area contributed by atoms with E-state index < -0.39 is 0 Å². The van der Waals surface area contributed by atoms with E-state index in [0.29, 0.717) is 33.9 Å². The number of nitrogens with one attached hydrogen (secondary N) is 1. The van der Waals surface area contributed by atoms with Gasteiger partial charge < -0.3 is 24.5 Å². The van der Waals surface area contributed by atoms with Gasteiger partial charge in [-0.25, -0.2) is 4.98 Å². The number of methoxy groups -OCH3 is 2. The van der Waals surface area contributed by atoms with Crippen LogP contribution in [0.5, 0.6) is 11.5 Å². The number of carbonyl (C=O) groups excluding carboxylic acids is 1. The molecule has 1 amide bonds. The van der Waals surface area contributed by atoms with Gasteiger partial charge in [-0.05, 0) is 35.9 Å². The van der Waals surface area contributed by atoms with Gasteiger partial charge in [-0.1, -0.05) is 35.5 Å². The van der Waals surface area contributed by atoms with Gasteiger partial charge >= 0.3 is 0 Å². The van der Waals surface area contributed by atoms with Crippen molar-refractivity contribution in [2.45, 2.75) is 18.3 Å². The lowest BCUT2D eigenvalue weighted by Gasteiger charge is -2.12. The SMILES string of the molecule is COc1ccc(Cn2c(CO)cnc2SCC(=O)Nc2cc(Cl)ccc2OC)cc1. The third-order valence-corrected chi connectivity index (χ3v) is 5.56. The molecule has 1 heterocycles. The highest BCUT2D eigenvalue weighted by molar-refractivity contribution is 7.99. The van der Waals surface area contributed by atoms with E-state index in [1.165, 1.54) is 18.9 Å². The molecule has 2 N–H and O–H groups in total.